The Kier molecular flexibility index (Phi) is 6.65. The molecule has 1 saturated heterocycles. The second-order valence-corrected chi connectivity index (χ2v) is 7.19. The van der Waals surface area contributed by atoms with Crippen molar-refractivity contribution in [2.24, 2.45) is 11.3 Å². The summed E-state index contributed by atoms with van der Waals surface area (Å²) in [5.74, 6) is 0.765. The SMILES string of the molecule is CC(C)NCC(CCCC1CCCO1)C(C)(C)C. The molecule has 2 atom stereocenters. The molecule has 18 heavy (non-hydrogen) atoms. The molecule has 0 aromatic heterocycles. The van der Waals surface area contributed by atoms with Crippen LogP contribution in [0.3, 0.4) is 0 Å². The molecule has 1 rings (SSSR count). The summed E-state index contributed by atoms with van der Waals surface area (Å²) in [5.41, 5.74) is 0.401. The van der Waals surface area contributed by atoms with Crippen LogP contribution in [0.25, 0.3) is 0 Å². The topological polar surface area (TPSA) is 21.3 Å². The van der Waals surface area contributed by atoms with Crippen molar-refractivity contribution in [1.82, 2.24) is 5.32 Å². The van der Waals surface area contributed by atoms with Crippen molar-refractivity contribution in [1.29, 1.82) is 0 Å². The van der Waals surface area contributed by atoms with Crippen LogP contribution >= 0.6 is 0 Å². The van der Waals surface area contributed by atoms with E-state index in [9.17, 15) is 0 Å². The van der Waals surface area contributed by atoms with E-state index in [2.05, 4.69) is 39.9 Å². The molecule has 1 N–H and O–H groups in total. The number of nitrogens with one attached hydrogen (secondary N) is 1. The molecule has 0 bridgehead atoms. The van der Waals surface area contributed by atoms with Gasteiger partial charge in [-0.05, 0) is 43.6 Å². The minimum atomic E-state index is 0.401. The molecule has 0 radical (unpaired) electrons. The molecule has 2 unspecified atom stereocenters. The summed E-state index contributed by atoms with van der Waals surface area (Å²) < 4.78 is 5.70. The molecule has 0 saturated carbocycles. The van der Waals surface area contributed by atoms with Gasteiger partial charge in [-0.3, -0.25) is 0 Å². The van der Waals surface area contributed by atoms with E-state index in [0.717, 1.165) is 19.1 Å². The van der Waals surface area contributed by atoms with Crippen molar-refractivity contribution >= 4 is 0 Å². The first-order valence-corrected chi connectivity index (χ1v) is 7.74. The van der Waals surface area contributed by atoms with Gasteiger partial charge in [-0.2, -0.15) is 0 Å². The first kappa shape index (κ1) is 16.0. The fourth-order valence-electron chi connectivity index (χ4n) is 2.68. The van der Waals surface area contributed by atoms with Crippen LogP contribution in [0.15, 0.2) is 0 Å². The van der Waals surface area contributed by atoms with E-state index in [-0.39, 0.29) is 0 Å². The summed E-state index contributed by atoms with van der Waals surface area (Å²) in [7, 11) is 0. The maximum absolute atomic E-state index is 5.70. The average Bonchev–Trinajstić information content (AvgIpc) is 2.73. The normalized spacial score (nSPS) is 22.7. The minimum Gasteiger partial charge on any atom is -0.378 e. The molecular weight excluding hydrogens is 222 g/mol. The Morgan fingerprint density at radius 1 is 1.28 bits per heavy atom. The van der Waals surface area contributed by atoms with Gasteiger partial charge in [0, 0.05) is 12.6 Å². The van der Waals surface area contributed by atoms with Crippen molar-refractivity contribution in [3.63, 3.8) is 0 Å². The molecular formula is C16H33NO. The molecule has 0 aromatic carbocycles. The van der Waals surface area contributed by atoms with Crippen molar-refractivity contribution in [3.8, 4) is 0 Å². The quantitative estimate of drug-likeness (QED) is 0.742. The Balaban J connectivity index is 2.26. The minimum absolute atomic E-state index is 0.401. The summed E-state index contributed by atoms with van der Waals surface area (Å²) >= 11 is 0. The molecule has 2 heteroatoms. The Bertz CT molecular complexity index is 214. The van der Waals surface area contributed by atoms with Crippen LogP contribution in [0, 0.1) is 11.3 Å². The maximum atomic E-state index is 5.70. The average molecular weight is 255 g/mol. The highest BCUT2D eigenvalue weighted by Crippen LogP contribution is 2.30. The van der Waals surface area contributed by atoms with E-state index in [4.69, 9.17) is 4.74 Å². The van der Waals surface area contributed by atoms with E-state index in [0.29, 0.717) is 17.6 Å². The highest BCUT2D eigenvalue weighted by Gasteiger charge is 2.25. The molecule has 0 aliphatic carbocycles. The van der Waals surface area contributed by atoms with Crippen LogP contribution in [-0.2, 0) is 4.74 Å². The predicted molar refractivity (Wildman–Crippen MR) is 78.9 cm³/mol. The molecule has 0 spiro atoms. The van der Waals surface area contributed by atoms with Crippen molar-refractivity contribution < 1.29 is 4.74 Å². The van der Waals surface area contributed by atoms with Crippen LogP contribution < -0.4 is 5.32 Å². The van der Waals surface area contributed by atoms with Crippen LogP contribution in [-0.4, -0.2) is 25.3 Å². The predicted octanol–water partition coefficient (Wildman–Crippen LogP) is 4.00. The fraction of sp³-hybridized carbons (Fsp3) is 1.00. The van der Waals surface area contributed by atoms with E-state index >= 15 is 0 Å². The zero-order valence-electron chi connectivity index (χ0n) is 13.1. The first-order valence-electron chi connectivity index (χ1n) is 7.74. The fourth-order valence-corrected chi connectivity index (χ4v) is 2.68. The van der Waals surface area contributed by atoms with Crippen LogP contribution in [0.5, 0.6) is 0 Å². The largest absolute Gasteiger partial charge is 0.378 e. The van der Waals surface area contributed by atoms with Crippen LogP contribution in [0.1, 0.15) is 66.7 Å². The van der Waals surface area contributed by atoms with Crippen molar-refractivity contribution in [3.05, 3.63) is 0 Å². The zero-order valence-corrected chi connectivity index (χ0v) is 13.1. The second-order valence-electron chi connectivity index (χ2n) is 7.19. The zero-order chi connectivity index (χ0) is 13.6. The summed E-state index contributed by atoms with van der Waals surface area (Å²) in [6.07, 6.45) is 7.00. The Morgan fingerprint density at radius 2 is 2.00 bits per heavy atom. The van der Waals surface area contributed by atoms with E-state index in [1.165, 1.54) is 32.1 Å². The van der Waals surface area contributed by atoms with Gasteiger partial charge in [-0.25, -0.2) is 0 Å². The van der Waals surface area contributed by atoms with Gasteiger partial charge in [0.1, 0.15) is 0 Å². The monoisotopic (exact) mass is 255 g/mol. The molecule has 0 aromatic rings. The second kappa shape index (κ2) is 7.49. The number of ether oxygens (including phenoxy) is 1. The van der Waals surface area contributed by atoms with E-state index in [1.54, 1.807) is 0 Å². The molecule has 1 aliphatic heterocycles. The lowest BCUT2D eigenvalue weighted by Gasteiger charge is -2.32. The van der Waals surface area contributed by atoms with Crippen molar-refractivity contribution in [2.75, 3.05) is 13.2 Å². The van der Waals surface area contributed by atoms with Gasteiger partial charge < -0.3 is 10.1 Å². The summed E-state index contributed by atoms with van der Waals surface area (Å²) in [4.78, 5) is 0. The smallest absolute Gasteiger partial charge is 0.0576 e. The molecule has 108 valence electrons. The highest BCUT2D eigenvalue weighted by molar-refractivity contribution is 4.77. The Hall–Kier alpha value is -0.0800. The van der Waals surface area contributed by atoms with Gasteiger partial charge in [0.15, 0.2) is 0 Å². The third-order valence-corrected chi connectivity index (χ3v) is 4.10. The lowest BCUT2D eigenvalue weighted by atomic mass is 9.77. The Morgan fingerprint density at radius 3 is 2.50 bits per heavy atom. The molecule has 1 heterocycles. The lowest BCUT2D eigenvalue weighted by molar-refractivity contribution is 0.0974. The van der Waals surface area contributed by atoms with Crippen LogP contribution in [0.4, 0.5) is 0 Å². The van der Waals surface area contributed by atoms with E-state index < -0.39 is 0 Å². The van der Waals surface area contributed by atoms with Gasteiger partial charge in [-0.1, -0.05) is 41.0 Å². The number of rotatable bonds is 7. The third-order valence-electron chi connectivity index (χ3n) is 4.10. The molecule has 2 nitrogen and oxygen atoms in total. The van der Waals surface area contributed by atoms with Crippen LogP contribution in [0.2, 0.25) is 0 Å². The highest BCUT2D eigenvalue weighted by atomic mass is 16.5. The molecule has 1 aliphatic rings. The number of hydrogen-bond acceptors (Lipinski definition) is 2. The Labute approximate surface area is 114 Å². The molecule has 1 fully saturated rings. The van der Waals surface area contributed by atoms with Crippen molar-refractivity contribution in [2.45, 2.75) is 78.9 Å². The van der Waals surface area contributed by atoms with Gasteiger partial charge in [-0.15, -0.1) is 0 Å². The summed E-state index contributed by atoms with van der Waals surface area (Å²) in [5, 5.41) is 3.60. The van der Waals surface area contributed by atoms with Gasteiger partial charge in [0.05, 0.1) is 6.10 Å². The number of hydrogen-bond donors (Lipinski definition) is 1. The lowest BCUT2D eigenvalue weighted by Crippen LogP contribution is -2.35. The van der Waals surface area contributed by atoms with Gasteiger partial charge >= 0.3 is 0 Å². The van der Waals surface area contributed by atoms with E-state index in [1.807, 2.05) is 0 Å². The van der Waals surface area contributed by atoms with Gasteiger partial charge in [0.2, 0.25) is 0 Å². The van der Waals surface area contributed by atoms with Gasteiger partial charge in [0.25, 0.3) is 0 Å². The summed E-state index contributed by atoms with van der Waals surface area (Å²) in [6.45, 7) is 13.7. The maximum Gasteiger partial charge on any atom is 0.0576 e. The standard InChI is InChI=1S/C16H33NO/c1-13(2)17-12-14(16(3,4)5)8-6-9-15-10-7-11-18-15/h13-15,17H,6-12H2,1-5H3. The molecule has 0 amide bonds. The first-order chi connectivity index (χ1) is 8.39. The third kappa shape index (κ3) is 6.19. The summed E-state index contributed by atoms with van der Waals surface area (Å²) in [6, 6.07) is 0.591.